The summed E-state index contributed by atoms with van der Waals surface area (Å²) >= 11 is 0. The predicted octanol–water partition coefficient (Wildman–Crippen LogP) is 3.08. The van der Waals surface area contributed by atoms with Gasteiger partial charge >= 0.3 is 0 Å². The minimum absolute atomic E-state index is 0.234. The first-order chi connectivity index (χ1) is 18.1. The molecule has 1 saturated heterocycles. The van der Waals surface area contributed by atoms with Gasteiger partial charge in [-0.1, -0.05) is 30.3 Å². The SMILES string of the molecule is Cc1cccc(-c2nccc(Nc3ccnc(Cc4ccc(CN5CCN(CCO)CC5)cc4)n3)n2)n1. The molecule has 37 heavy (non-hydrogen) atoms. The van der Waals surface area contributed by atoms with Crippen LogP contribution in [0.5, 0.6) is 0 Å². The predicted molar refractivity (Wildman–Crippen MR) is 143 cm³/mol. The van der Waals surface area contributed by atoms with Crippen LogP contribution in [0.4, 0.5) is 11.6 Å². The largest absolute Gasteiger partial charge is 0.395 e. The van der Waals surface area contributed by atoms with Crippen LogP contribution >= 0.6 is 0 Å². The summed E-state index contributed by atoms with van der Waals surface area (Å²) < 4.78 is 0. The zero-order valence-electron chi connectivity index (χ0n) is 21.1. The van der Waals surface area contributed by atoms with E-state index < -0.39 is 0 Å². The number of aromatic nitrogens is 5. The summed E-state index contributed by atoms with van der Waals surface area (Å²) in [6.45, 7) is 7.99. The maximum atomic E-state index is 9.11. The lowest BCUT2D eigenvalue weighted by atomic mass is 10.1. The van der Waals surface area contributed by atoms with Gasteiger partial charge in [-0.15, -0.1) is 0 Å². The van der Waals surface area contributed by atoms with E-state index in [0.717, 1.165) is 56.5 Å². The van der Waals surface area contributed by atoms with E-state index >= 15 is 0 Å². The van der Waals surface area contributed by atoms with E-state index in [-0.39, 0.29) is 6.61 Å². The summed E-state index contributed by atoms with van der Waals surface area (Å²) in [5, 5.41) is 12.4. The summed E-state index contributed by atoms with van der Waals surface area (Å²) in [5.41, 5.74) is 4.13. The topological polar surface area (TPSA) is 103 Å². The molecule has 190 valence electrons. The van der Waals surface area contributed by atoms with Crippen LogP contribution in [0.1, 0.15) is 22.6 Å². The van der Waals surface area contributed by atoms with Crippen LogP contribution in [0.25, 0.3) is 11.5 Å². The lowest BCUT2D eigenvalue weighted by Crippen LogP contribution is -2.46. The van der Waals surface area contributed by atoms with E-state index in [2.05, 4.69) is 64.3 Å². The van der Waals surface area contributed by atoms with Gasteiger partial charge in [0, 0.05) is 63.8 Å². The molecular weight excluding hydrogens is 464 g/mol. The number of β-amino-alcohol motifs (C(OH)–C–C–N with tert-alkyl or cyclic N) is 1. The third kappa shape index (κ3) is 6.91. The zero-order chi connectivity index (χ0) is 25.5. The molecule has 3 aromatic heterocycles. The molecule has 5 rings (SSSR count). The number of rotatable bonds is 9. The number of nitrogens with one attached hydrogen (secondary N) is 1. The van der Waals surface area contributed by atoms with Crippen molar-refractivity contribution in [3.05, 3.63) is 89.6 Å². The number of aliphatic hydroxyl groups is 1. The first-order valence-electron chi connectivity index (χ1n) is 12.6. The fourth-order valence-electron chi connectivity index (χ4n) is 4.42. The van der Waals surface area contributed by atoms with Crippen molar-refractivity contribution >= 4 is 11.6 Å². The number of aliphatic hydroxyl groups excluding tert-OH is 1. The molecule has 9 nitrogen and oxygen atoms in total. The molecule has 1 aliphatic rings. The zero-order valence-corrected chi connectivity index (χ0v) is 21.1. The molecule has 1 aliphatic heterocycles. The van der Waals surface area contributed by atoms with Gasteiger partial charge in [0.05, 0.1) is 6.61 Å². The average molecular weight is 497 g/mol. The van der Waals surface area contributed by atoms with E-state index in [1.807, 2.05) is 37.3 Å². The van der Waals surface area contributed by atoms with Gasteiger partial charge in [-0.3, -0.25) is 9.80 Å². The molecular formula is C28H32N8O. The number of pyridine rings is 1. The highest BCUT2D eigenvalue weighted by Crippen LogP contribution is 2.18. The van der Waals surface area contributed by atoms with E-state index in [0.29, 0.717) is 23.9 Å². The Morgan fingerprint density at radius 3 is 2.24 bits per heavy atom. The Kier molecular flexibility index (Phi) is 8.05. The Balaban J connectivity index is 1.18. The fraction of sp³-hybridized carbons (Fsp3) is 0.321. The van der Waals surface area contributed by atoms with Crippen LogP contribution in [-0.2, 0) is 13.0 Å². The van der Waals surface area contributed by atoms with Gasteiger partial charge in [0.2, 0.25) is 0 Å². The smallest absolute Gasteiger partial charge is 0.180 e. The first-order valence-corrected chi connectivity index (χ1v) is 12.6. The lowest BCUT2D eigenvalue weighted by Gasteiger charge is -2.34. The fourth-order valence-corrected chi connectivity index (χ4v) is 4.42. The highest BCUT2D eigenvalue weighted by molar-refractivity contribution is 5.56. The molecule has 4 aromatic rings. The van der Waals surface area contributed by atoms with Crippen molar-refractivity contribution in [1.29, 1.82) is 0 Å². The molecule has 4 heterocycles. The van der Waals surface area contributed by atoms with Crippen molar-refractivity contribution in [2.24, 2.45) is 0 Å². The molecule has 1 aromatic carbocycles. The summed E-state index contributed by atoms with van der Waals surface area (Å²) in [6, 6.07) is 18.2. The summed E-state index contributed by atoms with van der Waals surface area (Å²) in [4.78, 5) is 27.4. The van der Waals surface area contributed by atoms with Crippen molar-refractivity contribution in [2.75, 3.05) is 44.6 Å². The summed E-state index contributed by atoms with van der Waals surface area (Å²) in [6.07, 6.45) is 4.13. The van der Waals surface area contributed by atoms with Crippen LogP contribution < -0.4 is 5.32 Å². The molecule has 0 saturated carbocycles. The Labute approximate surface area is 217 Å². The van der Waals surface area contributed by atoms with E-state index in [9.17, 15) is 0 Å². The Morgan fingerprint density at radius 2 is 1.49 bits per heavy atom. The molecule has 1 fully saturated rings. The van der Waals surface area contributed by atoms with E-state index in [1.165, 1.54) is 11.1 Å². The van der Waals surface area contributed by atoms with Gasteiger partial charge in [0.1, 0.15) is 23.2 Å². The number of hydrogen-bond donors (Lipinski definition) is 2. The van der Waals surface area contributed by atoms with Crippen molar-refractivity contribution in [3.8, 4) is 11.5 Å². The lowest BCUT2D eigenvalue weighted by molar-refractivity contribution is 0.108. The maximum Gasteiger partial charge on any atom is 0.180 e. The van der Waals surface area contributed by atoms with Crippen LogP contribution in [0, 0.1) is 6.92 Å². The highest BCUT2D eigenvalue weighted by atomic mass is 16.3. The third-order valence-electron chi connectivity index (χ3n) is 6.41. The summed E-state index contributed by atoms with van der Waals surface area (Å²) in [5.74, 6) is 2.64. The van der Waals surface area contributed by atoms with Crippen LogP contribution in [0.3, 0.4) is 0 Å². The number of hydrogen-bond acceptors (Lipinski definition) is 9. The second-order valence-electron chi connectivity index (χ2n) is 9.25. The molecule has 9 heteroatoms. The Morgan fingerprint density at radius 1 is 0.784 bits per heavy atom. The molecule has 0 bridgehead atoms. The van der Waals surface area contributed by atoms with Gasteiger partial charge in [-0.05, 0) is 42.3 Å². The highest BCUT2D eigenvalue weighted by Gasteiger charge is 2.16. The van der Waals surface area contributed by atoms with Crippen molar-refractivity contribution < 1.29 is 5.11 Å². The molecule has 0 radical (unpaired) electrons. The van der Waals surface area contributed by atoms with E-state index in [1.54, 1.807) is 12.4 Å². The molecule has 0 unspecified atom stereocenters. The van der Waals surface area contributed by atoms with Crippen molar-refractivity contribution in [1.82, 2.24) is 34.7 Å². The Hall–Kier alpha value is -3.79. The molecule has 0 amide bonds. The number of nitrogens with zero attached hydrogens (tertiary/aromatic N) is 7. The minimum atomic E-state index is 0.234. The standard InChI is InChI=1S/C28H32N8O/c1-21-3-2-4-24(31-21)28-30-12-10-26(34-28)32-25-9-11-29-27(33-25)19-22-5-7-23(8-6-22)20-36-15-13-35(14-16-36)17-18-37/h2-12,37H,13-20H2,1H3,(H,29,30,32,33,34). The molecule has 0 spiro atoms. The number of piperazine rings is 1. The van der Waals surface area contributed by atoms with E-state index in [4.69, 9.17) is 5.11 Å². The molecule has 0 atom stereocenters. The van der Waals surface area contributed by atoms with Gasteiger partial charge < -0.3 is 10.4 Å². The number of anilines is 2. The quantitative estimate of drug-likeness (QED) is 0.362. The third-order valence-corrected chi connectivity index (χ3v) is 6.41. The Bertz CT molecular complexity index is 1310. The maximum absolute atomic E-state index is 9.11. The van der Waals surface area contributed by atoms with Crippen LogP contribution in [-0.4, -0.2) is 79.2 Å². The summed E-state index contributed by atoms with van der Waals surface area (Å²) in [7, 11) is 0. The first kappa shape index (κ1) is 24.9. The van der Waals surface area contributed by atoms with Crippen LogP contribution in [0.15, 0.2) is 67.0 Å². The number of benzene rings is 1. The van der Waals surface area contributed by atoms with Crippen LogP contribution in [0.2, 0.25) is 0 Å². The van der Waals surface area contributed by atoms with Gasteiger partial charge in [-0.2, -0.15) is 0 Å². The second-order valence-corrected chi connectivity index (χ2v) is 9.25. The van der Waals surface area contributed by atoms with Gasteiger partial charge in [0.15, 0.2) is 5.82 Å². The molecule has 0 aliphatic carbocycles. The van der Waals surface area contributed by atoms with Gasteiger partial charge in [0.25, 0.3) is 0 Å². The monoisotopic (exact) mass is 496 g/mol. The minimum Gasteiger partial charge on any atom is -0.395 e. The molecule has 2 N–H and O–H groups in total. The van der Waals surface area contributed by atoms with Gasteiger partial charge in [-0.25, -0.2) is 24.9 Å². The van der Waals surface area contributed by atoms with Crippen molar-refractivity contribution in [3.63, 3.8) is 0 Å². The normalized spacial score (nSPS) is 14.5. The van der Waals surface area contributed by atoms with Crippen molar-refractivity contribution in [2.45, 2.75) is 19.9 Å². The second kappa shape index (κ2) is 12.0. The average Bonchev–Trinajstić information content (AvgIpc) is 2.91. The number of aryl methyl sites for hydroxylation is 1.